The summed E-state index contributed by atoms with van der Waals surface area (Å²) >= 11 is 0. The molecule has 21 heavy (non-hydrogen) atoms. The van der Waals surface area contributed by atoms with Gasteiger partial charge in [-0.25, -0.2) is 0 Å². The highest BCUT2D eigenvalue weighted by Gasteiger charge is 2.22. The van der Waals surface area contributed by atoms with Crippen LogP contribution < -0.4 is 5.32 Å². The van der Waals surface area contributed by atoms with Crippen LogP contribution >= 0.6 is 0 Å². The monoisotopic (exact) mass is 288 g/mol. The van der Waals surface area contributed by atoms with E-state index < -0.39 is 0 Å². The maximum absolute atomic E-state index is 4.64. The summed E-state index contributed by atoms with van der Waals surface area (Å²) in [4.78, 5) is 9.72. The van der Waals surface area contributed by atoms with Crippen LogP contribution in [0.25, 0.3) is 0 Å². The number of aromatic nitrogens is 1. The van der Waals surface area contributed by atoms with Crippen LogP contribution in [0.5, 0.6) is 0 Å². The second-order valence-corrected chi connectivity index (χ2v) is 6.53. The van der Waals surface area contributed by atoms with Crippen molar-refractivity contribution in [1.29, 1.82) is 0 Å². The van der Waals surface area contributed by atoms with Gasteiger partial charge in [0.1, 0.15) is 0 Å². The third-order valence-electron chi connectivity index (χ3n) is 4.70. The summed E-state index contributed by atoms with van der Waals surface area (Å²) in [6.45, 7) is 11.2. The molecule has 1 atom stereocenters. The summed E-state index contributed by atoms with van der Waals surface area (Å²) in [6, 6.07) is 5.84. The van der Waals surface area contributed by atoms with Crippen LogP contribution in [0.4, 0.5) is 0 Å². The Bertz CT molecular complexity index is 441. The number of rotatable bonds is 6. The van der Waals surface area contributed by atoms with Gasteiger partial charge < -0.3 is 5.32 Å². The molecule has 2 fully saturated rings. The molecular weight excluding hydrogens is 260 g/mol. The minimum atomic E-state index is 0.658. The standard InChI is InChI=1S/C17H28N4/c1-3-21-9-8-20(12-14(21)2)13-17-5-4-15(11-19-17)10-18-16-6-7-16/h4-5,11,14,16,18H,3,6-10,12-13H2,1-2H3. The molecule has 1 aromatic rings. The Labute approximate surface area is 128 Å². The van der Waals surface area contributed by atoms with Gasteiger partial charge in [-0.05, 0) is 37.9 Å². The maximum Gasteiger partial charge on any atom is 0.0544 e. The number of nitrogens with zero attached hydrogens (tertiary/aromatic N) is 3. The van der Waals surface area contributed by atoms with Gasteiger partial charge in [0.2, 0.25) is 0 Å². The topological polar surface area (TPSA) is 31.4 Å². The van der Waals surface area contributed by atoms with Gasteiger partial charge in [0.05, 0.1) is 5.69 Å². The molecule has 0 amide bonds. The first-order chi connectivity index (χ1) is 10.2. The van der Waals surface area contributed by atoms with E-state index >= 15 is 0 Å². The molecule has 1 saturated heterocycles. The molecule has 2 aliphatic rings. The van der Waals surface area contributed by atoms with Crippen molar-refractivity contribution >= 4 is 0 Å². The zero-order chi connectivity index (χ0) is 14.7. The van der Waals surface area contributed by atoms with Crippen LogP contribution in [0.15, 0.2) is 18.3 Å². The molecule has 1 saturated carbocycles. The fourth-order valence-corrected chi connectivity index (χ4v) is 3.12. The fraction of sp³-hybridized carbons (Fsp3) is 0.706. The molecule has 0 spiro atoms. The minimum absolute atomic E-state index is 0.658. The van der Waals surface area contributed by atoms with Crippen molar-refractivity contribution in [2.45, 2.75) is 51.9 Å². The van der Waals surface area contributed by atoms with Crippen molar-refractivity contribution in [3.8, 4) is 0 Å². The van der Waals surface area contributed by atoms with E-state index in [1.54, 1.807) is 0 Å². The molecule has 1 aliphatic carbocycles. The largest absolute Gasteiger partial charge is 0.310 e. The van der Waals surface area contributed by atoms with Gasteiger partial charge in [0, 0.05) is 51.0 Å². The van der Waals surface area contributed by atoms with Gasteiger partial charge in [-0.3, -0.25) is 14.8 Å². The smallest absolute Gasteiger partial charge is 0.0544 e. The van der Waals surface area contributed by atoms with Crippen molar-refractivity contribution in [1.82, 2.24) is 20.1 Å². The number of pyridine rings is 1. The van der Waals surface area contributed by atoms with E-state index in [0.29, 0.717) is 6.04 Å². The third kappa shape index (κ3) is 4.25. The Morgan fingerprint density at radius 2 is 2.14 bits per heavy atom. The average Bonchev–Trinajstić information content (AvgIpc) is 3.31. The third-order valence-corrected chi connectivity index (χ3v) is 4.70. The zero-order valence-corrected chi connectivity index (χ0v) is 13.4. The number of hydrogen-bond acceptors (Lipinski definition) is 4. The predicted octanol–water partition coefficient (Wildman–Crippen LogP) is 1.86. The molecule has 0 bridgehead atoms. The first-order valence-corrected chi connectivity index (χ1v) is 8.38. The van der Waals surface area contributed by atoms with Crippen LogP contribution in [0.1, 0.15) is 37.9 Å². The van der Waals surface area contributed by atoms with Crippen molar-refractivity contribution in [2.24, 2.45) is 0 Å². The highest BCUT2D eigenvalue weighted by molar-refractivity contribution is 5.14. The van der Waals surface area contributed by atoms with Gasteiger partial charge in [-0.1, -0.05) is 13.0 Å². The highest BCUT2D eigenvalue weighted by Crippen LogP contribution is 2.19. The van der Waals surface area contributed by atoms with E-state index in [2.05, 4.69) is 46.1 Å². The molecule has 4 heteroatoms. The molecule has 0 aromatic carbocycles. The van der Waals surface area contributed by atoms with Crippen LogP contribution in [0.3, 0.4) is 0 Å². The van der Waals surface area contributed by atoms with Gasteiger partial charge in [-0.15, -0.1) is 0 Å². The molecular formula is C17H28N4. The lowest BCUT2D eigenvalue weighted by Crippen LogP contribution is -2.51. The molecule has 2 heterocycles. The summed E-state index contributed by atoms with van der Waals surface area (Å²) < 4.78 is 0. The van der Waals surface area contributed by atoms with E-state index in [9.17, 15) is 0 Å². The summed E-state index contributed by atoms with van der Waals surface area (Å²) in [7, 11) is 0. The Balaban J connectivity index is 1.48. The lowest BCUT2D eigenvalue weighted by atomic mass is 10.1. The second-order valence-electron chi connectivity index (χ2n) is 6.53. The Morgan fingerprint density at radius 3 is 2.76 bits per heavy atom. The van der Waals surface area contributed by atoms with Crippen molar-refractivity contribution in [2.75, 3.05) is 26.2 Å². The molecule has 1 N–H and O–H groups in total. The van der Waals surface area contributed by atoms with Crippen molar-refractivity contribution < 1.29 is 0 Å². The summed E-state index contributed by atoms with van der Waals surface area (Å²) in [6.07, 6.45) is 4.72. The maximum atomic E-state index is 4.64. The molecule has 0 radical (unpaired) electrons. The first kappa shape index (κ1) is 14.9. The number of hydrogen-bond donors (Lipinski definition) is 1. The molecule has 3 rings (SSSR count). The quantitative estimate of drug-likeness (QED) is 0.866. The predicted molar refractivity (Wildman–Crippen MR) is 86.1 cm³/mol. The second kappa shape index (κ2) is 6.86. The number of piperazine rings is 1. The Hall–Kier alpha value is -0.970. The molecule has 116 valence electrons. The lowest BCUT2D eigenvalue weighted by molar-refractivity contribution is 0.0826. The van der Waals surface area contributed by atoms with E-state index in [1.807, 2.05) is 6.20 Å². The van der Waals surface area contributed by atoms with E-state index in [4.69, 9.17) is 0 Å². The van der Waals surface area contributed by atoms with E-state index in [0.717, 1.165) is 38.8 Å². The molecule has 1 aromatic heterocycles. The zero-order valence-electron chi connectivity index (χ0n) is 13.4. The Kier molecular flexibility index (Phi) is 4.88. The van der Waals surface area contributed by atoms with Crippen molar-refractivity contribution in [3.63, 3.8) is 0 Å². The summed E-state index contributed by atoms with van der Waals surface area (Å²) in [5.74, 6) is 0. The molecule has 1 unspecified atom stereocenters. The van der Waals surface area contributed by atoms with Gasteiger partial charge in [0.15, 0.2) is 0 Å². The van der Waals surface area contributed by atoms with Crippen molar-refractivity contribution in [3.05, 3.63) is 29.6 Å². The van der Waals surface area contributed by atoms with Crippen LogP contribution in [0.2, 0.25) is 0 Å². The van der Waals surface area contributed by atoms with Gasteiger partial charge in [-0.2, -0.15) is 0 Å². The number of likely N-dealkylation sites (N-methyl/N-ethyl adjacent to an activating group) is 1. The summed E-state index contributed by atoms with van der Waals surface area (Å²) in [5.41, 5.74) is 2.50. The first-order valence-electron chi connectivity index (χ1n) is 8.38. The SMILES string of the molecule is CCN1CCN(Cc2ccc(CNC3CC3)cn2)CC1C. The number of nitrogens with one attached hydrogen (secondary N) is 1. The average molecular weight is 288 g/mol. The minimum Gasteiger partial charge on any atom is -0.310 e. The van der Waals surface area contributed by atoms with E-state index in [1.165, 1.54) is 30.6 Å². The highest BCUT2D eigenvalue weighted by atomic mass is 15.3. The fourth-order valence-electron chi connectivity index (χ4n) is 3.12. The normalized spacial score (nSPS) is 24.4. The Morgan fingerprint density at radius 1 is 1.29 bits per heavy atom. The van der Waals surface area contributed by atoms with Crippen LogP contribution in [-0.2, 0) is 13.1 Å². The van der Waals surface area contributed by atoms with Gasteiger partial charge >= 0.3 is 0 Å². The van der Waals surface area contributed by atoms with Crippen LogP contribution in [-0.4, -0.2) is 53.0 Å². The van der Waals surface area contributed by atoms with E-state index in [-0.39, 0.29) is 0 Å². The lowest BCUT2D eigenvalue weighted by Gasteiger charge is -2.39. The molecule has 4 nitrogen and oxygen atoms in total. The van der Waals surface area contributed by atoms with Gasteiger partial charge in [0.25, 0.3) is 0 Å². The van der Waals surface area contributed by atoms with Crippen LogP contribution in [0, 0.1) is 0 Å². The summed E-state index contributed by atoms with van der Waals surface area (Å²) in [5, 5.41) is 3.53. The molecule has 1 aliphatic heterocycles.